The van der Waals surface area contributed by atoms with Crippen molar-refractivity contribution in [1.29, 1.82) is 0 Å². The molecule has 0 radical (unpaired) electrons. The highest BCUT2D eigenvalue weighted by molar-refractivity contribution is 5.94. The van der Waals surface area contributed by atoms with E-state index < -0.39 is 0 Å². The zero-order chi connectivity index (χ0) is 18.4. The lowest BCUT2D eigenvalue weighted by Crippen LogP contribution is -2.33. The molecule has 0 fully saturated rings. The Bertz CT molecular complexity index is 799. The van der Waals surface area contributed by atoms with Crippen molar-refractivity contribution in [1.82, 2.24) is 4.90 Å². The first kappa shape index (κ1) is 17.5. The molecule has 1 aromatic carbocycles. The molecule has 0 atom stereocenters. The van der Waals surface area contributed by atoms with Crippen LogP contribution in [0, 0.1) is 0 Å². The van der Waals surface area contributed by atoms with Gasteiger partial charge in [-0.2, -0.15) is 0 Å². The van der Waals surface area contributed by atoms with Crippen LogP contribution in [0.1, 0.15) is 28.8 Å². The SMILES string of the molecule is CC(=O)c1ccc(OCC(=O)N(Cc2ccco2)Cc2ccco2)cc1. The van der Waals surface area contributed by atoms with Gasteiger partial charge in [0.2, 0.25) is 0 Å². The van der Waals surface area contributed by atoms with Crippen LogP contribution in [-0.2, 0) is 17.9 Å². The number of carbonyl (C=O) groups is 2. The molecule has 0 saturated heterocycles. The van der Waals surface area contributed by atoms with Crippen molar-refractivity contribution in [2.24, 2.45) is 0 Å². The molecule has 2 aromatic heterocycles. The Morgan fingerprint density at radius 2 is 1.50 bits per heavy atom. The second kappa shape index (κ2) is 8.20. The van der Waals surface area contributed by atoms with Gasteiger partial charge in [0.05, 0.1) is 25.6 Å². The molecule has 0 aliphatic carbocycles. The molecule has 134 valence electrons. The zero-order valence-corrected chi connectivity index (χ0v) is 14.4. The molecular weight excluding hydrogens is 334 g/mol. The second-order valence-electron chi connectivity index (χ2n) is 5.78. The van der Waals surface area contributed by atoms with Crippen LogP contribution in [-0.4, -0.2) is 23.2 Å². The number of amides is 1. The summed E-state index contributed by atoms with van der Waals surface area (Å²) in [5, 5.41) is 0. The van der Waals surface area contributed by atoms with Crippen LogP contribution in [0.5, 0.6) is 5.75 Å². The summed E-state index contributed by atoms with van der Waals surface area (Å²) in [5.41, 5.74) is 0.598. The predicted molar refractivity (Wildman–Crippen MR) is 93.6 cm³/mol. The van der Waals surface area contributed by atoms with E-state index in [4.69, 9.17) is 13.6 Å². The molecule has 3 rings (SSSR count). The zero-order valence-electron chi connectivity index (χ0n) is 14.4. The maximum Gasteiger partial charge on any atom is 0.261 e. The van der Waals surface area contributed by atoms with Crippen molar-refractivity contribution in [3.8, 4) is 5.75 Å². The van der Waals surface area contributed by atoms with Gasteiger partial charge in [0.25, 0.3) is 5.91 Å². The number of benzene rings is 1. The van der Waals surface area contributed by atoms with Gasteiger partial charge in [-0.3, -0.25) is 9.59 Å². The Hall–Kier alpha value is -3.28. The number of ether oxygens (including phenoxy) is 1. The van der Waals surface area contributed by atoms with Crippen LogP contribution in [0.2, 0.25) is 0 Å². The average molecular weight is 353 g/mol. The molecule has 0 aliphatic heterocycles. The van der Waals surface area contributed by atoms with Gasteiger partial charge in [0, 0.05) is 5.56 Å². The number of nitrogens with zero attached hydrogens (tertiary/aromatic N) is 1. The monoisotopic (exact) mass is 353 g/mol. The van der Waals surface area contributed by atoms with Gasteiger partial charge >= 0.3 is 0 Å². The van der Waals surface area contributed by atoms with Crippen molar-refractivity contribution in [2.45, 2.75) is 20.0 Å². The highest BCUT2D eigenvalue weighted by Crippen LogP contribution is 2.15. The Balaban J connectivity index is 1.63. The molecular formula is C20H19NO5. The predicted octanol–water partition coefficient (Wildman–Crippen LogP) is 3.68. The number of hydrogen-bond donors (Lipinski definition) is 0. The van der Waals surface area contributed by atoms with E-state index >= 15 is 0 Å². The summed E-state index contributed by atoms with van der Waals surface area (Å²) in [7, 11) is 0. The molecule has 6 heteroatoms. The molecule has 0 aliphatic rings. The number of carbonyl (C=O) groups excluding carboxylic acids is 2. The largest absolute Gasteiger partial charge is 0.484 e. The molecule has 6 nitrogen and oxygen atoms in total. The first-order valence-electron chi connectivity index (χ1n) is 8.18. The third-order valence-corrected chi connectivity index (χ3v) is 3.83. The minimum atomic E-state index is -0.201. The summed E-state index contributed by atoms with van der Waals surface area (Å²) in [6.07, 6.45) is 3.13. The van der Waals surface area contributed by atoms with Gasteiger partial charge in [0.1, 0.15) is 17.3 Å². The van der Waals surface area contributed by atoms with Crippen molar-refractivity contribution in [3.05, 3.63) is 78.1 Å². The topological polar surface area (TPSA) is 72.9 Å². The van der Waals surface area contributed by atoms with Crippen LogP contribution in [0.25, 0.3) is 0 Å². The van der Waals surface area contributed by atoms with E-state index in [1.54, 1.807) is 53.8 Å². The summed E-state index contributed by atoms with van der Waals surface area (Å²) in [6, 6.07) is 13.9. The fraction of sp³-hybridized carbons (Fsp3) is 0.200. The molecule has 0 bridgehead atoms. The standard InChI is InChI=1S/C20H19NO5/c1-15(22)16-6-8-17(9-7-16)26-14-20(23)21(12-18-4-2-10-24-18)13-19-5-3-11-25-19/h2-11H,12-14H2,1H3. The van der Waals surface area contributed by atoms with E-state index in [0.717, 1.165) is 0 Å². The van der Waals surface area contributed by atoms with Gasteiger partial charge in [-0.05, 0) is 55.5 Å². The number of rotatable bonds is 8. The van der Waals surface area contributed by atoms with E-state index in [1.165, 1.54) is 6.92 Å². The van der Waals surface area contributed by atoms with Gasteiger partial charge in [-0.25, -0.2) is 0 Å². The van der Waals surface area contributed by atoms with E-state index in [-0.39, 0.29) is 18.3 Å². The van der Waals surface area contributed by atoms with Crippen molar-refractivity contribution >= 4 is 11.7 Å². The Kier molecular flexibility index (Phi) is 5.53. The fourth-order valence-electron chi connectivity index (χ4n) is 2.44. The van der Waals surface area contributed by atoms with Crippen molar-refractivity contribution in [2.75, 3.05) is 6.61 Å². The van der Waals surface area contributed by atoms with Gasteiger partial charge in [-0.15, -0.1) is 0 Å². The Morgan fingerprint density at radius 1 is 0.923 bits per heavy atom. The molecule has 1 amide bonds. The smallest absolute Gasteiger partial charge is 0.261 e. The molecule has 0 unspecified atom stereocenters. The highest BCUT2D eigenvalue weighted by atomic mass is 16.5. The van der Waals surface area contributed by atoms with Crippen LogP contribution in [0.15, 0.2) is 69.9 Å². The van der Waals surface area contributed by atoms with Gasteiger partial charge in [0.15, 0.2) is 12.4 Å². The third-order valence-electron chi connectivity index (χ3n) is 3.83. The maximum atomic E-state index is 12.6. The lowest BCUT2D eigenvalue weighted by atomic mass is 10.1. The van der Waals surface area contributed by atoms with Gasteiger partial charge < -0.3 is 18.5 Å². The van der Waals surface area contributed by atoms with Crippen LogP contribution >= 0.6 is 0 Å². The highest BCUT2D eigenvalue weighted by Gasteiger charge is 2.18. The van der Waals surface area contributed by atoms with Crippen LogP contribution < -0.4 is 4.74 Å². The summed E-state index contributed by atoms with van der Waals surface area (Å²) < 4.78 is 16.2. The second-order valence-corrected chi connectivity index (χ2v) is 5.78. The normalized spacial score (nSPS) is 10.5. The lowest BCUT2D eigenvalue weighted by molar-refractivity contribution is -0.135. The Labute approximate surface area is 151 Å². The fourth-order valence-corrected chi connectivity index (χ4v) is 2.44. The van der Waals surface area contributed by atoms with E-state index in [1.807, 2.05) is 12.1 Å². The number of furan rings is 2. The van der Waals surface area contributed by atoms with Crippen LogP contribution in [0.4, 0.5) is 0 Å². The minimum Gasteiger partial charge on any atom is -0.484 e. The van der Waals surface area contributed by atoms with Crippen LogP contribution in [0.3, 0.4) is 0 Å². The summed E-state index contributed by atoms with van der Waals surface area (Å²) >= 11 is 0. The van der Waals surface area contributed by atoms with E-state index in [2.05, 4.69) is 0 Å². The van der Waals surface area contributed by atoms with Crippen molar-refractivity contribution in [3.63, 3.8) is 0 Å². The van der Waals surface area contributed by atoms with E-state index in [0.29, 0.717) is 35.9 Å². The average Bonchev–Trinajstić information content (AvgIpc) is 3.33. The van der Waals surface area contributed by atoms with E-state index in [9.17, 15) is 9.59 Å². The first-order valence-corrected chi connectivity index (χ1v) is 8.18. The Morgan fingerprint density at radius 3 is 1.96 bits per heavy atom. The van der Waals surface area contributed by atoms with Crippen molar-refractivity contribution < 1.29 is 23.2 Å². The number of hydrogen-bond acceptors (Lipinski definition) is 5. The molecule has 0 saturated carbocycles. The molecule has 0 spiro atoms. The molecule has 3 aromatic rings. The third kappa shape index (κ3) is 4.63. The minimum absolute atomic E-state index is 0.0179. The molecule has 2 heterocycles. The quantitative estimate of drug-likeness (QED) is 0.578. The summed E-state index contributed by atoms with van der Waals surface area (Å²) in [4.78, 5) is 25.5. The summed E-state index contributed by atoms with van der Waals surface area (Å²) in [6.45, 7) is 2.01. The maximum absolute atomic E-state index is 12.6. The molecule has 0 N–H and O–H groups in total. The number of Topliss-reactive ketones (excluding diaryl/α,β-unsaturated/α-hetero) is 1. The molecule has 26 heavy (non-hydrogen) atoms. The first-order chi connectivity index (χ1) is 12.6. The van der Waals surface area contributed by atoms with Gasteiger partial charge in [-0.1, -0.05) is 0 Å². The summed E-state index contributed by atoms with van der Waals surface area (Å²) in [5.74, 6) is 1.66. The number of ketones is 1. The lowest BCUT2D eigenvalue weighted by Gasteiger charge is -2.20.